The lowest BCUT2D eigenvalue weighted by Crippen LogP contribution is -2.50. The highest BCUT2D eigenvalue weighted by Gasteiger charge is 2.44. The van der Waals surface area contributed by atoms with Gasteiger partial charge in [0.1, 0.15) is 5.82 Å². The summed E-state index contributed by atoms with van der Waals surface area (Å²) in [5, 5.41) is 11.3. The highest BCUT2D eigenvalue weighted by atomic mass is 32.2. The Morgan fingerprint density at radius 3 is 2.30 bits per heavy atom. The van der Waals surface area contributed by atoms with E-state index in [0.717, 1.165) is 18.7 Å². The van der Waals surface area contributed by atoms with Crippen LogP contribution in [-0.4, -0.2) is 67.2 Å². The van der Waals surface area contributed by atoms with Crippen LogP contribution in [0.3, 0.4) is 0 Å². The lowest BCUT2D eigenvalue weighted by Gasteiger charge is -2.27. The van der Waals surface area contributed by atoms with Crippen molar-refractivity contribution >= 4 is 21.7 Å². The zero-order valence-corrected chi connectivity index (χ0v) is 21.0. The second-order valence-corrected chi connectivity index (χ2v) is 11.6. The van der Waals surface area contributed by atoms with Gasteiger partial charge in [-0.3, -0.25) is 14.8 Å². The summed E-state index contributed by atoms with van der Waals surface area (Å²) in [4.78, 5) is 26.1. The number of halogens is 4. The summed E-state index contributed by atoms with van der Waals surface area (Å²) in [5.74, 6) is -2.26. The van der Waals surface area contributed by atoms with E-state index in [1.54, 1.807) is 24.3 Å². The molecule has 2 aromatic rings. The van der Waals surface area contributed by atoms with Crippen LogP contribution in [0, 0.1) is 5.82 Å². The average Bonchev–Trinajstić information content (AvgIpc) is 3.15. The fourth-order valence-electron chi connectivity index (χ4n) is 4.06. The minimum absolute atomic E-state index is 0.126. The van der Waals surface area contributed by atoms with Crippen LogP contribution in [0.15, 0.2) is 36.4 Å². The highest BCUT2D eigenvalue weighted by molar-refractivity contribution is 7.92. The van der Waals surface area contributed by atoms with Crippen LogP contribution in [0.2, 0.25) is 0 Å². The maximum Gasteiger partial charge on any atom is 0.401 e. The molecule has 1 atom stereocenters. The topological polar surface area (TPSA) is 116 Å². The van der Waals surface area contributed by atoms with Crippen LogP contribution >= 0.6 is 0 Å². The fraction of sp³-hybridized carbons (Fsp3) is 0.417. The van der Waals surface area contributed by atoms with Gasteiger partial charge in [-0.15, -0.1) is 0 Å². The van der Waals surface area contributed by atoms with Crippen molar-refractivity contribution in [2.75, 3.05) is 25.9 Å². The molecule has 0 unspecified atom stereocenters. The third kappa shape index (κ3) is 6.28. The Hall–Kier alpha value is -3.03. The van der Waals surface area contributed by atoms with Gasteiger partial charge in [-0.1, -0.05) is 30.3 Å². The molecule has 0 spiro atoms. The second-order valence-electron chi connectivity index (χ2n) is 9.11. The molecule has 2 aromatic carbocycles. The Morgan fingerprint density at radius 1 is 1.11 bits per heavy atom. The van der Waals surface area contributed by atoms with Crippen molar-refractivity contribution < 1.29 is 40.8 Å². The monoisotopic (exact) mass is 545 g/mol. The van der Waals surface area contributed by atoms with Gasteiger partial charge in [-0.2, -0.15) is 13.2 Å². The lowest BCUT2D eigenvalue weighted by molar-refractivity contribution is -0.131. The first-order chi connectivity index (χ1) is 17.2. The van der Waals surface area contributed by atoms with Crippen molar-refractivity contribution in [3.8, 4) is 11.1 Å². The molecule has 0 aliphatic carbocycles. The molecule has 3 rings (SSSR count). The van der Waals surface area contributed by atoms with Gasteiger partial charge in [0.05, 0.1) is 6.54 Å². The molecule has 13 heteroatoms. The average molecular weight is 546 g/mol. The molecule has 37 heavy (non-hydrogen) atoms. The number of alkyl halides is 3. The summed E-state index contributed by atoms with van der Waals surface area (Å²) in [5.41, 5.74) is 3.12. The number of rotatable bonds is 10. The van der Waals surface area contributed by atoms with E-state index in [2.05, 4.69) is 5.32 Å². The molecule has 8 nitrogen and oxygen atoms in total. The zero-order valence-electron chi connectivity index (χ0n) is 20.2. The molecule has 1 heterocycles. The molecule has 1 aliphatic heterocycles. The zero-order chi connectivity index (χ0) is 27.6. The number of carbonyl (C=O) groups is 2. The summed E-state index contributed by atoms with van der Waals surface area (Å²) in [6.07, 6.45) is -3.40. The Labute approximate surface area is 211 Å². The number of nitrogens with one attached hydrogen (secondary N) is 2. The molecule has 0 saturated heterocycles. The Bertz CT molecular complexity index is 1280. The van der Waals surface area contributed by atoms with Crippen molar-refractivity contribution in [2.45, 2.75) is 37.2 Å². The Kier molecular flexibility index (Phi) is 8.30. The molecule has 3 N–H and O–H groups in total. The number of benzene rings is 2. The molecular formula is C24H27F4N3O5S. The van der Waals surface area contributed by atoms with Crippen molar-refractivity contribution in [3.05, 3.63) is 58.9 Å². The Balaban J connectivity index is 1.72. The number of hydrogen-bond donors (Lipinski definition) is 3. The first-order valence-electron chi connectivity index (χ1n) is 11.3. The van der Waals surface area contributed by atoms with Crippen LogP contribution in [0.4, 0.5) is 17.6 Å². The van der Waals surface area contributed by atoms with Gasteiger partial charge in [0.15, 0.2) is 14.6 Å². The van der Waals surface area contributed by atoms with Gasteiger partial charge in [-0.05, 0) is 43.5 Å². The normalized spacial score (nSPS) is 15.4. The molecule has 0 radical (unpaired) electrons. The smallest absolute Gasteiger partial charge is 0.334 e. The highest BCUT2D eigenvalue weighted by Crippen LogP contribution is 2.33. The fourth-order valence-corrected chi connectivity index (χ4v) is 4.90. The van der Waals surface area contributed by atoms with Crippen LogP contribution in [0.1, 0.15) is 34.8 Å². The van der Waals surface area contributed by atoms with E-state index in [0.29, 0.717) is 12.0 Å². The lowest BCUT2D eigenvalue weighted by atomic mass is 9.98. The minimum Gasteiger partial charge on any atom is -0.334 e. The number of amides is 2. The summed E-state index contributed by atoms with van der Waals surface area (Å²) in [6.45, 7) is -0.115. The predicted molar refractivity (Wildman–Crippen MR) is 127 cm³/mol. The van der Waals surface area contributed by atoms with Gasteiger partial charge in [0.2, 0.25) is 0 Å². The summed E-state index contributed by atoms with van der Waals surface area (Å²) in [6, 6.07) is 9.59. The molecule has 0 aromatic heterocycles. The number of hydrogen-bond acceptors (Lipinski definition) is 6. The van der Waals surface area contributed by atoms with Gasteiger partial charge < -0.3 is 10.2 Å². The summed E-state index contributed by atoms with van der Waals surface area (Å²) >= 11 is 0. The number of nitrogens with zero attached hydrogens (tertiary/aromatic N) is 1. The van der Waals surface area contributed by atoms with Crippen molar-refractivity contribution in [3.63, 3.8) is 0 Å². The van der Waals surface area contributed by atoms with Crippen LogP contribution in [0.5, 0.6) is 0 Å². The third-order valence-electron chi connectivity index (χ3n) is 6.55. The minimum atomic E-state index is -4.28. The molecule has 0 bridgehead atoms. The second kappa shape index (κ2) is 10.8. The van der Waals surface area contributed by atoms with Gasteiger partial charge in [0.25, 0.3) is 11.8 Å². The van der Waals surface area contributed by atoms with Crippen molar-refractivity contribution in [1.82, 2.24) is 15.7 Å². The van der Waals surface area contributed by atoms with E-state index in [4.69, 9.17) is 5.21 Å². The van der Waals surface area contributed by atoms with E-state index in [1.165, 1.54) is 22.5 Å². The maximum atomic E-state index is 15.4. The van der Waals surface area contributed by atoms with Crippen LogP contribution in [0.25, 0.3) is 11.1 Å². The molecule has 2 amide bonds. The molecule has 202 valence electrons. The number of sulfone groups is 1. The third-order valence-corrected chi connectivity index (χ3v) is 8.58. The summed E-state index contributed by atoms with van der Waals surface area (Å²) in [7, 11) is -3.96. The largest absolute Gasteiger partial charge is 0.401 e. The Morgan fingerprint density at radius 2 is 1.73 bits per heavy atom. The van der Waals surface area contributed by atoms with E-state index in [-0.39, 0.29) is 42.7 Å². The molecule has 0 saturated carbocycles. The number of fused-ring (bicyclic) bond motifs is 1. The van der Waals surface area contributed by atoms with Gasteiger partial charge >= 0.3 is 6.18 Å². The summed E-state index contributed by atoms with van der Waals surface area (Å²) < 4.78 is 74.4. The number of carbonyl (C=O) groups excluding carboxylic acids is 2. The first-order valence-corrected chi connectivity index (χ1v) is 13.2. The number of hydroxylamine groups is 1. The molecular weight excluding hydrogens is 518 g/mol. The quantitative estimate of drug-likeness (QED) is 0.183. The first kappa shape index (κ1) is 28.5. The van der Waals surface area contributed by atoms with E-state index >= 15 is 4.39 Å². The molecule has 1 aliphatic rings. The van der Waals surface area contributed by atoms with Gasteiger partial charge in [-0.25, -0.2) is 18.3 Å². The van der Waals surface area contributed by atoms with E-state index < -0.39 is 44.9 Å². The van der Waals surface area contributed by atoms with Crippen LogP contribution in [-0.2, 0) is 27.6 Å². The molecule has 0 fully saturated rings. The van der Waals surface area contributed by atoms with E-state index in [9.17, 15) is 31.2 Å². The van der Waals surface area contributed by atoms with Gasteiger partial charge in [0, 0.05) is 36.0 Å². The van der Waals surface area contributed by atoms with Crippen molar-refractivity contribution in [2.24, 2.45) is 0 Å². The standard InChI is InChI=1S/C24H27F4N3O5S/c1-23(22(33)30-34,37(2,35)36)10-12-31-13-19-18(21(31)32)8-7-17(20(19)25)16-5-3-15(4-6-16)9-11-29-14-24(26,27)28/h3-8,29,34H,9-14H2,1-2H3,(H,30,33)/t23-/m1/s1. The van der Waals surface area contributed by atoms with Crippen LogP contribution < -0.4 is 10.8 Å². The SMILES string of the molecule is C[C@@](CCN1Cc2c(ccc(-c3ccc(CCNCC(F)(F)F)cc3)c2F)C1=O)(C(=O)NO)S(C)(=O)=O. The maximum absolute atomic E-state index is 15.4. The van der Waals surface area contributed by atoms with E-state index in [1.807, 2.05) is 0 Å². The van der Waals surface area contributed by atoms with Crippen molar-refractivity contribution in [1.29, 1.82) is 0 Å². The predicted octanol–water partition coefficient (Wildman–Crippen LogP) is 2.84.